The molecule has 1 saturated carbocycles. The summed E-state index contributed by atoms with van der Waals surface area (Å²) in [5.74, 6) is 0.707. The fourth-order valence-corrected chi connectivity index (χ4v) is 5.08. The van der Waals surface area contributed by atoms with Crippen LogP contribution >= 0.6 is 11.6 Å². The van der Waals surface area contributed by atoms with Crippen molar-refractivity contribution in [3.05, 3.63) is 41.0 Å². The van der Waals surface area contributed by atoms with Crippen molar-refractivity contribution in [2.24, 2.45) is 5.92 Å². The van der Waals surface area contributed by atoms with Crippen LogP contribution in [0.15, 0.2) is 30.6 Å². The van der Waals surface area contributed by atoms with Gasteiger partial charge in [-0.1, -0.05) is 31.5 Å². The van der Waals surface area contributed by atoms with Crippen LogP contribution in [0.4, 0.5) is 5.69 Å². The van der Waals surface area contributed by atoms with Crippen LogP contribution in [0.1, 0.15) is 39.5 Å². The first-order chi connectivity index (χ1) is 12.6. The summed E-state index contributed by atoms with van der Waals surface area (Å²) in [6, 6.07) is 6.25. The van der Waals surface area contributed by atoms with Crippen LogP contribution in [0.2, 0.25) is 5.02 Å². The van der Waals surface area contributed by atoms with Gasteiger partial charge >= 0.3 is 0 Å². The van der Waals surface area contributed by atoms with E-state index in [0.717, 1.165) is 30.6 Å². The number of fused-ring (bicyclic) bond motifs is 2. The van der Waals surface area contributed by atoms with Gasteiger partial charge in [0.2, 0.25) is 0 Å². The predicted octanol–water partition coefficient (Wildman–Crippen LogP) is 4.51. The number of hydrogen-bond donors (Lipinski definition) is 0. The van der Waals surface area contributed by atoms with Gasteiger partial charge in [0.1, 0.15) is 5.69 Å². The topological polar surface area (TPSA) is 57.3 Å². The Morgan fingerprint density at radius 3 is 2.74 bits per heavy atom. The number of halogens is 1. The maximum Gasteiger partial charge on any atom is 0.103 e. The number of nitrogens with zero attached hydrogens (tertiary/aromatic N) is 5. The first-order valence-electron chi connectivity index (χ1n) is 9.27. The van der Waals surface area contributed by atoms with Crippen LogP contribution < -0.4 is 0 Å². The van der Waals surface area contributed by atoms with E-state index < -0.39 is 0 Å². The number of rotatable bonds is 6. The van der Waals surface area contributed by atoms with Gasteiger partial charge in [-0.25, -0.2) is 0 Å². The van der Waals surface area contributed by atoms with E-state index in [9.17, 15) is 0 Å². The normalized spacial score (nSPS) is 28.1. The van der Waals surface area contributed by atoms with Gasteiger partial charge in [-0.2, -0.15) is 15.0 Å². The zero-order chi connectivity index (χ0) is 18.3. The molecule has 2 fully saturated rings. The maximum atomic E-state index is 6.33. The minimum atomic E-state index is 0. The Kier molecular flexibility index (Phi) is 6.64. The average Bonchev–Trinajstić information content (AvgIpc) is 3.16. The number of benzene rings is 1. The molecule has 4 atom stereocenters. The van der Waals surface area contributed by atoms with Crippen LogP contribution in [-0.4, -0.2) is 44.8 Å². The van der Waals surface area contributed by atoms with Gasteiger partial charge in [0.25, 0.3) is 0 Å². The van der Waals surface area contributed by atoms with Crippen molar-refractivity contribution in [2.75, 3.05) is 7.11 Å². The second-order valence-electron chi connectivity index (χ2n) is 7.54. The molecule has 2 heterocycles. The summed E-state index contributed by atoms with van der Waals surface area (Å²) in [4.78, 5) is 1.53. The third kappa shape index (κ3) is 3.71. The van der Waals surface area contributed by atoms with Gasteiger partial charge in [0, 0.05) is 45.4 Å². The van der Waals surface area contributed by atoms with Crippen molar-refractivity contribution in [1.82, 2.24) is 20.0 Å². The SMILES string of the molecule is CCC(OC)C12CC(C)CC(C1)N2[N-]c1ccc(Cl)c(-n2nccn2)c1.[Y]. The summed E-state index contributed by atoms with van der Waals surface area (Å²) in [6.07, 6.45) is 7.94. The maximum absolute atomic E-state index is 6.33. The molecule has 4 rings (SSSR count). The molecule has 1 saturated heterocycles. The molecule has 2 bridgehead atoms. The predicted molar refractivity (Wildman–Crippen MR) is 102 cm³/mol. The molecule has 1 aliphatic heterocycles. The molecule has 27 heavy (non-hydrogen) atoms. The van der Waals surface area contributed by atoms with E-state index in [1.165, 1.54) is 11.2 Å². The molecule has 1 aromatic heterocycles. The van der Waals surface area contributed by atoms with E-state index >= 15 is 0 Å². The Morgan fingerprint density at radius 2 is 2.07 bits per heavy atom. The Labute approximate surface area is 190 Å². The van der Waals surface area contributed by atoms with Crippen molar-refractivity contribution in [3.63, 3.8) is 0 Å². The van der Waals surface area contributed by atoms with Gasteiger partial charge in [-0.15, -0.1) is 5.69 Å². The molecule has 8 heteroatoms. The Balaban J connectivity index is 0.00000210. The van der Waals surface area contributed by atoms with Crippen LogP contribution in [0.5, 0.6) is 0 Å². The number of hydrogen-bond acceptors (Lipinski definition) is 4. The molecule has 0 N–H and O–H groups in total. The number of methoxy groups -OCH3 is 1. The molecule has 2 aromatic rings. The zero-order valence-electron chi connectivity index (χ0n) is 16.0. The van der Waals surface area contributed by atoms with Gasteiger partial charge in [0.05, 0.1) is 23.5 Å². The van der Waals surface area contributed by atoms with Crippen molar-refractivity contribution < 1.29 is 37.4 Å². The van der Waals surface area contributed by atoms with Crippen LogP contribution in [0.3, 0.4) is 0 Å². The molecular weight excluding hydrogens is 439 g/mol. The summed E-state index contributed by atoms with van der Waals surface area (Å²) in [7, 11) is 1.82. The zero-order valence-corrected chi connectivity index (χ0v) is 19.6. The van der Waals surface area contributed by atoms with Crippen molar-refractivity contribution in [2.45, 2.75) is 57.2 Å². The average molecular weight is 464 g/mol. The molecule has 2 aliphatic rings. The molecular formula is C19H25ClN5OY-. The van der Waals surface area contributed by atoms with E-state index in [0.29, 0.717) is 17.0 Å². The smallest absolute Gasteiger partial charge is 0.103 e. The minimum Gasteiger partial charge on any atom is -0.619 e. The van der Waals surface area contributed by atoms with Crippen molar-refractivity contribution in [3.8, 4) is 5.69 Å². The molecule has 0 spiro atoms. The third-order valence-electron chi connectivity index (χ3n) is 5.81. The first-order valence-corrected chi connectivity index (χ1v) is 9.65. The fraction of sp³-hybridized carbons (Fsp3) is 0.579. The fourth-order valence-electron chi connectivity index (χ4n) is 4.89. The molecule has 4 unspecified atom stereocenters. The Morgan fingerprint density at radius 1 is 1.33 bits per heavy atom. The molecule has 1 aromatic carbocycles. The summed E-state index contributed by atoms with van der Waals surface area (Å²) in [5, 5.41) is 11.3. The Bertz CT molecular complexity index is 769. The number of aromatic nitrogens is 3. The monoisotopic (exact) mass is 463 g/mol. The van der Waals surface area contributed by atoms with E-state index in [-0.39, 0.29) is 44.4 Å². The van der Waals surface area contributed by atoms with Gasteiger partial charge in [-0.05, 0) is 49.8 Å². The molecule has 1 aliphatic carbocycles. The van der Waals surface area contributed by atoms with Gasteiger partial charge in [-0.3, -0.25) is 0 Å². The third-order valence-corrected chi connectivity index (χ3v) is 6.13. The van der Waals surface area contributed by atoms with Crippen LogP contribution in [-0.2, 0) is 37.4 Å². The second kappa shape index (κ2) is 8.46. The van der Waals surface area contributed by atoms with E-state index in [2.05, 4.69) is 29.1 Å². The first kappa shape index (κ1) is 21.2. The molecule has 143 valence electrons. The van der Waals surface area contributed by atoms with Gasteiger partial charge < -0.3 is 15.2 Å². The van der Waals surface area contributed by atoms with Crippen molar-refractivity contribution in [1.29, 1.82) is 0 Å². The Hall–Kier alpha value is -0.526. The van der Waals surface area contributed by atoms with Crippen LogP contribution in [0, 0.1) is 5.92 Å². The molecule has 1 radical (unpaired) electrons. The number of piperidine rings is 1. The second-order valence-corrected chi connectivity index (χ2v) is 7.95. The summed E-state index contributed by atoms with van der Waals surface area (Å²) in [5.41, 5.74) is 6.63. The molecule has 6 nitrogen and oxygen atoms in total. The molecule has 0 amide bonds. The largest absolute Gasteiger partial charge is 0.619 e. The summed E-state index contributed by atoms with van der Waals surface area (Å²) in [6.45, 7) is 4.53. The minimum absolute atomic E-state index is 0. The van der Waals surface area contributed by atoms with Crippen molar-refractivity contribution >= 4 is 17.3 Å². The summed E-state index contributed by atoms with van der Waals surface area (Å²) < 4.78 is 5.85. The quantitative estimate of drug-likeness (QED) is 0.632. The van der Waals surface area contributed by atoms with Crippen LogP contribution in [0.25, 0.3) is 11.1 Å². The summed E-state index contributed by atoms with van der Waals surface area (Å²) >= 11 is 6.33. The van der Waals surface area contributed by atoms with Gasteiger partial charge in [0.15, 0.2) is 0 Å². The van der Waals surface area contributed by atoms with E-state index in [1.54, 1.807) is 12.4 Å². The standard InChI is InChI=1S/C19H25ClN5O.Y/c1-4-18(26-3)19-11-13(2)9-15(12-19)24(19)23-14-5-6-16(20)17(10-14)25-21-7-8-22-25;/h5-8,10,13,15,18H,4,9,11-12H2,1-3H3;/q-1;. The van der Waals surface area contributed by atoms with E-state index in [4.69, 9.17) is 21.8 Å². The van der Waals surface area contributed by atoms with E-state index in [1.807, 2.05) is 25.3 Å². The number of ether oxygens (including phenoxy) is 1.